The minimum Gasteiger partial charge on any atom is -0.478 e. The molecule has 156 valence electrons. The summed E-state index contributed by atoms with van der Waals surface area (Å²) in [4.78, 5) is 36.7. The van der Waals surface area contributed by atoms with E-state index in [1.165, 1.54) is 18.2 Å². The summed E-state index contributed by atoms with van der Waals surface area (Å²) in [6, 6.07) is 9.00. The topological polar surface area (TPSA) is 125 Å². The fraction of sp³-hybridized carbons (Fsp3) is 0.250. The summed E-state index contributed by atoms with van der Waals surface area (Å²) >= 11 is 5.15. The summed E-state index contributed by atoms with van der Waals surface area (Å²) in [6.45, 7) is 3.11. The molecule has 2 aromatic carbocycles. The maximum Gasteiger partial charge on any atom is 0.336 e. The Morgan fingerprint density at radius 1 is 1.20 bits per heavy atom. The molecule has 1 aliphatic rings. The van der Waals surface area contributed by atoms with Crippen molar-refractivity contribution in [3.8, 4) is 0 Å². The minimum absolute atomic E-state index is 0.0445. The van der Waals surface area contributed by atoms with Gasteiger partial charge in [-0.25, -0.2) is 4.79 Å². The van der Waals surface area contributed by atoms with Gasteiger partial charge in [0.2, 0.25) is 0 Å². The number of nitrogens with zero attached hydrogens (tertiary/aromatic N) is 2. The number of carbonyl (C=O) groups excluding carboxylic acids is 1. The summed E-state index contributed by atoms with van der Waals surface area (Å²) < 4.78 is 0. The smallest absolute Gasteiger partial charge is 0.336 e. The van der Waals surface area contributed by atoms with Gasteiger partial charge in [-0.2, -0.15) is 0 Å². The molecule has 30 heavy (non-hydrogen) atoms. The lowest BCUT2D eigenvalue weighted by molar-refractivity contribution is -0.384. The van der Waals surface area contributed by atoms with Gasteiger partial charge in [-0.05, 0) is 61.8 Å². The van der Waals surface area contributed by atoms with Gasteiger partial charge in [0, 0.05) is 30.4 Å². The van der Waals surface area contributed by atoms with Gasteiger partial charge in [-0.3, -0.25) is 20.2 Å². The Labute approximate surface area is 177 Å². The highest BCUT2D eigenvalue weighted by Gasteiger charge is 2.24. The van der Waals surface area contributed by atoms with E-state index in [0.717, 1.165) is 25.9 Å². The quantitative estimate of drug-likeness (QED) is 0.376. The van der Waals surface area contributed by atoms with Crippen molar-refractivity contribution in [1.29, 1.82) is 0 Å². The van der Waals surface area contributed by atoms with Crippen molar-refractivity contribution >= 4 is 46.3 Å². The largest absolute Gasteiger partial charge is 0.478 e. The average molecular weight is 428 g/mol. The molecule has 10 heteroatoms. The monoisotopic (exact) mass is 428 g/mol. The van der Waals surface area contributed by atoms with Gasteiger partial charge >= 0.3 is 5.97 Å². The molecule has 3 N–H and O–H groups in total. The Morgan fingerprint density at radius 2 is 1.90 bits per heavy atom. The second kappa shape index (κ2) is 8.87. The van der Waals surface area contributed by atoms with Crippen molar-refractivity contribution < 1.29 is 19.6 Å². The molecule has 1 amide bonds. The summed E-state index contributed by atoms with van der Waals surface area (Å²) in [5.41, 5.74) is 1.49. The number of thiocarbonyl (C=S) groups is 1. The van der Waals surface area contributed by atoms with Crippen LogP contribution in [0.1, 0.15) is 39.1 Å². The molecular weight excluding hydrogens is 408 g/mol. The van der Waals surface area contributed by atoms with Crippen LogP contribution in [0.3, 0.4) is 0 Å². The fourth-order valence-corrected chi connectivity index (χ4v) is 3.57. The normalized spacial score (nSPS) is 13.0. The van der Waals surface area contributed by atoms with E-state index in [1.807, 2.05) is 4.90 Å². The van der Waals surface area contributed by atoms with E-state index in [0.29, 0.717) is 16.9 Å². The number of benzene rings is 2. The number of carboxylic acids is 1. The molecule has 1 heterocycles. The Hall–Kier alpha value is -3.53. The van der Waals surface area contributed by atoms with Crippen LogP contribution < -0.4 is 15.5 Å². The van der Waals surface area contributed by atoms with E-state index in [2.05, 4.69) is 10.6 Å². The SMILES string of the molecule is Cc1c(NC(=S)NC(=O)c2ccc(N3CCCC3)c([N+](=O)[O-])c2)cccc1C(=O)O. The van der Waals surface area contributed by atoms with Crippen LogP contribution in [0.4, 0.5) is 17.1 Å². The maximum absolute atomic E-state index is 12.5. The molecule has 0 spiro atoms. The third kappa shape index (κ3) is 4.54. The van der Waals surface area contributed by atoms with Crippen LogP contribution >= 0.6 is 12.2 Å². The third-order valence-corrected chi connectivity index (χ3v) is 5.12. The van der Waals surface area contributed by atoms with Gasteiger partial charge in [0.05, 0.1) is 10.5 Å². The number of nitro groups is 1. The zero-order valence-electron chi connectivity index (χ0n) is 16.2. The number of rotatable bonds is 5. The molecule has 1 aliphatic heterocycles. The van der Waals surface area contributed by atoms with Crippen LogP contribution in [0, 0.1) is 17.0 Å². The molecule has 0 atom stereocenters. The lowest BCUT2D eigenvalue weighted by Crippen LogP contribution is -2.34. The number of hydrogen-bond donors (Lipinski definition) is 3. The molecule has 2 aromatic rings. The molecule has 0 aliphatic carbocycles. The number of nitrogens with one attached hydrogen (secondary N) is 2. The maximum atomic E-state index is 12.5. The third-order valence-electron chi connectivity index (χ3n) is 4.92. The fourth-order valence-electron chi connectivity index (χ4n) is 3.37. The molecule has 1 fully saturated rings. The average Bonchev–Trinajstić information content (AvgIpc) is 3.23. The van der Waals surface area contributed by atoms with Crippen molar-refractivity contribution in [2.45, 2.75) is 19.8 Å². The number of amides is 1. The lowest BCUT2D eigenvalue weighted by atomic mass is 10.1. The summed E-state index contributed by atoms with van der Waals surface area (Å²) in [6.07, 6.45) is 1.95. The minimum atomic E-state index is -1.07. The van der Waals surface area contributed by atoms with Gasteiger partial charge in [0.1, 0.15) is 5.69 Å². The number of carbonyl (C=O) groups is 2. The molecule has 0 radical (unpaired) electrons. The Bertz CT molecular complexity index is 1030. The van der Waals surface area contributed by atoms with Crippen molar-refractivity contribution in [3.63, 3.8) is 0 Å². The number of nitro benzene ring substituents is 1. The first-order valence-corrected chi connectivity index (χ1v) is 9.67. The Morgan fingerprint density at radius 3 is 2.53 bits per heavy atom. The van der Waals surface area contributed by atoms with Gasteiger partial charge < -0.3 is 15.3 Å². The van der Waals surface area contributed by atoms with Crippen LogP contribution in [-0.4, -0.2) is 40.1 Å². The van der Waals surface area contributed by atoms with Gasteiger partial charge in [0.25, 0.3) is 11.6 Å². The van der Waals surface area contributed by atoms with E-state index in [-0.39, 0.29) is 21.9 Å². The summed E-state index contributed by atoms with van der Waals surface area (Å²) in [5.74, 6) is -1.67. The van der Waals surface area contributed by atoms with Crippen LogP contribution in [0.2, 0.25) is 0 Å². The molecule has 0 aromatic heterocycles. The predicted molar refractivity (Wildman–Crippen MR) is 116 cm³/mol. The second-order valence-corrected chi connectivity index (χ2v) is 7.25. The number of carboxylic acid groups (broad SMARTS) is 1. The van der Waals surface area contributed by atoms with Crippen molar-refractivity contribution in [1.82, 2.24) is 5.32 Å². The van der Waals surface area contributed by atoms with E-state index in [4.69, 9.17) is 12.2 Å². The summed E-state index contributed by atoms with van der Waals surface area (Å²) in [7, 11) is 0. The first-order chi connectivity index (χ1) is 14.3. The standard InChI is InChI=1S/C20H20N4O5S/c1-12-14(19(26)27)5-4-6-15(12)21-20(30)22-18(25)13-7-8-16(17(11-13)24(28)29)23-9-2-3-10-23/h4-8,11H,2-3,9-10H2,1H3,(H,26,27)(H2,21,22,25,30). The van der Waals surface area contributed by atoms with Crippen molar-refractivity contribution in [2.75, 3.05) is 23.3 Å². The second-order valence-electron chi connectivity index (χ2n) is 6.85. The lowest BCUT2D eigenvalue weighted by Gasteiger charge is -2.18. The van der Waals surface area contributed by atoms with Crippen molar-refractivity contribution in [3.05, 3.63) is 63.2 Å². The molecular formula is C20H20N4O5S. The number of aromatic carboxylic acids is 1. The van der Waals surface area contributed by atoms with Gasteiger partial charge in [-0.1, -0.05) is 6.07 Å². The van der Waals surface area contributed by atoms with Gasteiger partial charge in [0.15, 0.2) is 5.11 Å². The highest BCUT2D eigenvalue weighted by atomic mass is 32.1. The first-order valence-electron chi connectivity index (χ1n) is 9.26. The number of hydrogen-bond acceptors (Lipinski definition) is 6. The van der Waals surface area contributed by atoms with Gasteiger partial charge in [-0.15, -0.1) is 0 Å². The molecule has 0 saturated carbocycles. The highest BCUT2D eigenvalue weighted by molar-refractivity contribution is 7.80. The van der Waals surface area contributed by atoms with E-state index < -0.39 is 16.8 Å². The zero-order valence-corrected chi connectivity index (χ0v) is 17.0. The van der Waals surface area contributed by atoms with E-state index in [1.54, 1.807) is 25.1 Å². The van der Waals surface area contributed by atoms with E-state index in [9.17, 15) is 24.8 Å². The van der Waals surface area contributed by atoms with Crippen LogP contribution in [0.15, 0.2) is 36.4 Å². The predicted octanol–water partition coefficient (Wildman–Crippen LogP) is 3.33. The molecule has 0 unspecified atom stereocenters. The zero-order chi connectivity index (χ0) is 21.8. The molecule has 9 nitrogen and oxygen atoms in total. The van der Waals surface area contributed by atoms with E-state index >= 15 is 0 Å². The molecule has 1 saturated heterocycles. The first kappa shape index (κ1) is 21.2. The summed E-state index contributed by atoms with van der Waals surface area (Å²) in [5, 5.41) is 25.9. The van der Waals surface area contributed by atoms with Crippen LogP contribution in [0.5, 0.6) is 0 Å². The number of anilines is 2. The van der Waals surface area contributed by atoms with Crippen LogP contribution in [-0.2, 0) is 0 Å². The van der Waals surface area contributed by atoms with Crippen LogP contribution in [0.25, 0.3) is 0 Å². The Kier molecular flexibility index (Phi) is 6.26. The molecule has 0 bridgehead atoms. The van der Waals surface area contributed by atoms with Crippen molar-refractivity contribution in [2.24, 2.45) is 0 Å². The highest BCUT2D eigenvalue weighted by Crippen LogP contribution is 2.31. The molecule has 3 rings (SSSR count). The Balaban J connectivity index is 1.75.